The third kappa shape index (κ3) is 9.62. The van der Waals surface area contributed by atoms with Gasteiger partial charge in [0.25, 0.3) is 0 Å². The first-order valence-corrected chi connectivity index (χ1v) is 5.89. The highest BCUT2D eigenvalue weighted by Crippen LogP contribution is 2.02. The van der Waals surface area contributed by atoms with E-state index in [9.17, 15) is 14.4 Å². The molecule has 0 aromatic carbocycles. The highest BCUT2D eigenvalue weighted by molar-refractivity contribution is 5.82. The van der Waals surface area contributed by atoms with Crippen molar-refractivity contribution < 1.29 is 19.1 Å². The van der Waals surface area contributed by atoms with Crippen molar-refractivity contribution >= 4 is 17.8 Å². The van der Waals surface area contributed by atoms with Crippen molar-refractivity contribution in [1.29, 1.82) is 0 Å². The van der Waals surface area contributed by atoms with Crippen molar-refractivity contribution in [2.45, 2.75) is 45.6 Å². The molecule has 6 heteroatoms. The third-order valence-electron chi connectivity index (χ3n) is 1.98. The standard InChI is InChI=1S/C12H22N2O4/c1-12(2,3)14-10(16)7-5-6-9(15)13-8-11(17)18-4/h5-8H2,1-4H3,(H,13,15)(H,14,16). The van der Waals surface area contributed by atoms with E-state index in [0.717, 1.165) is 0 Å². The molecule has 0 heterocycles. The minimum Gasteiger partial charge on any atom is -0.468 e. The number of nitrogens with one attached hydrogen (secondary N) is 2. The summed E-state index contributed by atoms with van der Waals surface area (Å²) in [6.45, 7) is 5.55. The van der Waals surface area contributed by atoms with E-state index < -0.39 is 5.97 Å². The van der Waals surface area contributed by atoms with Gasteiger partial charge in [0.15, 0.2) is 0 Å². The van der Waals surface area contributed by atoms with E-state index in [1.165, 1.54) is 7.11 Å². The van der Waals surface area contributed by atoms with Crippen LogP contribution in [0.3, 0.4) is 0 Å². The first-order valence-electron chi connectivity index (χ1n) is 5.89. The van der Waals surface area contributed by atoms with Gasteiger partial charge in [-0.05, 0) is 27.2 Å². The summed E-state index contributed by atoms with van der Waals surface area (Å²) >= 11 is 0. The molecule has 0 saturated heterocycles. The van der Waals surface area contributed by atoms with E-state index in [0.29, 0.717) is 12.8 Å². The summed E-state index contributed by atoms with van der Waals surface area (Å²) in [5, 5.41) is 5.22. The zero-order chi connectivity index (χ0) is 14.2. The van der Waals surface area contributed by atoms with Gasteiger partial charge in [-0.1, -0.05) is 0 Å². The van der Waals surface area contributed by atoms with E-state index in [1.807, 2.05) is 20.8 Å². The Labute approximate surface area is 107 Å². The second-order valence-corrected chi connectivity index (χ2v) is 5.00. The number of hydrogen-bond acceptors (Lipinski definition) is 4. The van der Waals surface area contributed by atoms with Crippen molar-refractivity contribution in [3.63, 3.8) is 0 Å². The van der Waals surface area contributed by atoms with Gasteiger partial charge in [0.1, 0.15) is 6.54 Å². The molecule has 0 bridgehead atoms. The average molecular weight is 258 g/mol. The lowest BCUT2D eigenvalue weighted by molar-refractivity contribution is -0.141. The molecule has 0 rings (SSSR count). The van der Waals surface area contributed by atoms with Crippen LogP contribution in [-0.2, 0) is 19.1 Å². The maximum atomic E-state index is 11.4. The number of esters is 1. The Morgan fingerprint density at radius 1 is 1.06 bits per heavy atom. The fourth-order valence-corrected chi connectivity index (χ4v) is 1.22. The van der Waals surface area contributed by atoms with Crippen molar-refractivity contribution in [2.24, 2.45) is 0 Å². The van der Waals surface area contributed by atoms with Gasteiger partial charge in [0.2, 0.25) is 11.8 Å². The van der Waals surface area contributed by atoms with E-state index in [1.54, 1.807) is 0 Å². The number of carbonyl (C=O) groups is 3. The number of methoxy groups -OCH3 is 1. The number of amides is 2. The summed E-state index contributed by atoms with van der Waals surface area (Å²) in [5.74, 6) is -0.832. The van der Waals surface area contributed by atoms with E-state index in [4.69, 9.17) is 0 Å². The fourth-order valence-electron chi connectivity index (χ4n) is 1.22. The lowest BCUT2D eigenvalue weighted by atomic mass is 10.1. The van der Waals surface area contributed by atoms with Crippen LogP contribution in [0.5, 0.6) is 0 Å². The Hall–Kier alpha value is -1.59. The molecule has 2 amide bonds. The van der Waals surface area contributed by atoms with Gasteiger partial charge in [-0.3, -0.25) is 14.4 Å². The van der Waals surface area contributed by atoms with Crippen LogP contribution in [0, 0.1) is 0 Å². The van der Waals surface area contributed by atoms with Crippen molar-refractivity contribution in [3.05, 3.63) is 0 Å². The molecule has 0 aliphatic heterocycles. The minimum absolute atomic E-state index is 0.0803. The van der Waals surface area contributed by atoms with Gasteiger partial charge < -0.3 is 15.4 Å². The largest absolute Gasteiger partial charge is 0.468 e. The monoisotopic (exact) mass is 258 g/mol. The summed E-state index contributed by atoms with van der Waals surface area (Å²) in [6.07, 6.45) is 0.965. The number of ether oxygens (including phenoxy) is 1. The maximum Gasteiger partial charge on any atom is 0.325 e. The van der Waals surface area contributed by atoms with Crippen LogP contribution in [0.25, 0.3) is 0 Å². The first-order chi connectivity index (χ1) is 8.24. The molecule has 104 valence electrons. The van der Waals surface area contributed by atoms with E-state index in [-0.39, 0.29) is 30.3 Å². The third-order valence-corrected chi connectivity index (χ3v) is 1.98. The quantitative estimate of drug-likeness (QED) is 0.674. The van der Waals surface area contributed by atoms with Crippen LogP contribution in [0.15, 0.2) is 0 Å². The summed E-state index contributed by atoms with van der Waals surface area (Å²) in [6, 6.07) is 0. The van der Waals surface area contributed by atoms with Gasteiger partial charge in [0, 0.05) is 18.4 Å². The molecule has 0 aliphatic carbocycles. The molecule has 0 saturated carbocycles. The van der Waals surface area contributed by atoms with Crippen LogP contribution in [0.1, 0.15) is 40.0 Å². The smallest absolute Gasteiger partial charge is 0.325 e. The minimum atomic E-state index is -0.492. The molecule has 0 spiro atoms. The lowest BCUT2D eigenvalue weighted by Crippen LogP contribution is -2.40. The predicted octanol–water partition coefficient (Wildman–Crippen LogP) is 0.361. The Morgan fingerprint density at radius 3 is 2.11 bits per heavy atom. The van der Waals surface area contributed by atoms with Gasteiger partial charge in [-0.15, -0.1) is 0 Å². The van der Waals surface area contributed by atoms with E-state index >= 15 is 0 Å². The second kappa shape index (κ2) is 7.68. The number of hydrogen-bond donors (Lipinski definition) is 2. The maximum absolute atomic E-state index is 11.4. The zero-order valence-corrected chi connectivity index (χ0v) is 11.5. The number of carbonyl (C=O) groups excluding carboxylic acids is 3. The molecular weight excluding hydrogens is 236 g/mol. The van der Waals surface area contributed by atoms with Crippen molar-refractivity contribution in [1.82, 2.24) is 10.6 Å². The molecule has 0 unspecified atom stereocenters. The molecule has 18 heavy (non-hydrogen) atoms. The molecule has 0 aromatic rings. The van der Waals surface area contributed by atoms with Crippen LogP contribution >= 0.6 is 0 Å². The number of rotatable bonds is 6. The SMILES string of the molecule is COC(=O)CNC(=O)CCCC(=O)NC(C)(C)C. The molecule has 0 radical (unpaired) electrons. The Bertz CT molecular complexity index is 308. The van der Waals surface area contributed by atoms with Crippen LogP contribution < -0.4 is 10.6 Å². The molecule has 2 N–H and O–H groups in total. The highest BCUT2D eigenvalue weighted by atomic mass is 16.5. The Kier molecular flexibility index (Phi) is 7.00. The summed E-state index contributed by atoms with van der Waals surface area (Å²) in [7, 11) is 1.26. The van der Waals surface area contributed by atoms with Crippen molar-refractivity contribution in [3.8, 4) is 0 Å². The predicted molar refractivity (Wildman–Crippen MR) is 66.8 cm³/mol. The molecule has 0 aromatic heterocycles. The summed E-state index contributed by atoms with van der Waals surface area (Å²) < 4.78 is 4.38. The van der Waals surface area contributed by atoms with Crippen LogP contribution in [0.2, 0.25) is 0 Å². The zero-order valence-electron chi connectivity index (χ0n) is 11.5. The summed E-state index contributed by atoms with van der Waals surface area (Å²) in [5.41, 5.74) is -0.260. The lowest BCUT2D eigenvalue weighted by Gasteiger charge is -2.20. The molecule has 0 aliphatic rings. The topological polar surface area (TPSA) is 84.5 Å². The van der Waals surface area contributed by atoms with Crippen LogP contribution in [0.4, 0.5) is 0 Å². The van der Waals surface area contributed by atoms with E-state index in [2.05, 4.69) is 15.4 Å². The molecule has 0 fully saturated rings. The first kappa shape index (κ1) is 16.4. The molecule has 0 atom stereocenters. The normalized spacial score (nSPS) is 10.7. The second-order valence-electron chi connectivity index (χ2n) is 5.00. The van der Waals surface area contributed by atoms with Crippen molar-refractivity contribution in [2.75, 3.05) is 13.7 Å². The fraction of sp³-hybridized carbons (Fsp3) is 0.750. The molecule has 6 nitrogen and oxygen atoms in total. The van der Waals surface area contributed by atoms with Gasteiger partial charge >= 0.3 is 5.97 Å². The Balaban J connectivity index is 3.68. The van der Waals surface area contributed by atoms with Gasteiger partial charge in [-0.25, -0.2) is 0 Å². The van der Waals surface area contributed by atoms with Gasteiger partial charge in [-0.2, -0.15) is 0 Å². The summed E-state index contributed by atoms with van der Waals surface area (Å²) in [4.78, 5) is 33.5. The van der Waals surface area contributed by atoms with Crippen LogP contribution in [-0.4, -0.2) is 37.0 Å². The average Bonchev–Trinajstić information content (AvgIpc) is 2.23. The van der Waals surface area contributed by atoms with Gasteiger partial charge in [0.05, 0.1) is 7.11 Å². The molecular formula is C12H22N2O4. The highest BCUT2D eigenvalue weighted by Gasteiger charge is 2.13. The Morgan fingerprint density at radius 2 is 1.61 bits per heavy atom.